The quantitative estimate of drug-likeness (QED) is 0.155. The Morgan fingerprint density at radius 3 is 1.43 bits per heavy atom. The van der Waals surface area contributed by atoms with Crippen molar-refractivity contribution in [3.8, 4) is 5.69 Å². The summed E-state index contributed by atoms with van der Waals surface area (Å²) in [5.74, 6) is 0. The van der Waals surface area contributed by atoms with Crippen LogP contribution in [0.4, 0.5) is 51.2 Å². The van der Waals surface area contributed by atoms with Crippen molar-refractivity contribution >= 4 is 139 Å². The fourth-order valence-electron chi connectivity index (χ4n) is 13.1. The monoisotopic (exact) mass is 1070 g/mol. The minimum atomic E-state index is -0.217. The van der Waals surface area contributed by atoms with E-state index in [0.29, 0.717) is 0 Å². The van der Waals surface area contributed by atoms with Gasteiger partial charge in [-0.2, -0.15) is 0 Å². The van der Waals surface area contributed by atoms with E-state index in [4.69, 9.17) is 4.42 Å². The lowest BCUT2D eigenvalue weighted by Crippen LogP contribution is -2.60. The molecule has 394 valence electrons. The molecule has 2 aliphatic heterocycles. The predicted octanol–water partition coefficient (Wildman–Crippen LogP) is 19.3. The van der Waals surface area contributed by atoms with Gasteiger partial charge in [0, 0.05) is 70.8 Å². The Hall–Kier alpha value is -8.78. The lowest BCUT2D eigenvalue weighted by Gasteiger charge is -2.44. The van der Waals surface area contributed by atoms with Gasteiger partial charge < -0.3 is 23.7 Å². The van der Waals surface area contributed by atoms with E-state index in [-0.39, 0.29) is 23.0 Å². The molecule has 3 aromatic heterocycles. The average Bonchev–Trinajstić information content (AvgIpc) is 3.11. The molecular formula is C74H63BN4OS. The van der Waals surface area contributed by atoms with Crippen molar-refractivity contribution < 1.29 is 4.42 Å². The average molecular weight is 1070 g/mol. The molecule has 0 amide bonds. The number of para-hydroxylation sites is 5. The van der Waals surface area contributed by atoms with Crippen LogP contribution in [-0.2, 0) is 16.2 Å². The van der Waals surface area contributed by atoms with E-state index >= 15 is 0 Å². The summed E-state index contributed by atoms with van der Waals surface area (Å²) in [6.07, 6.45) is 0. The molecule has 0 unspecified atom stereocenters. The molecule has 13 aromatic rings. The Balaban J connectivity index is 1.14. The highest BCUT2D eigenvalue weighted by Crippen LogP contribution is 2.53. The second-order valence-corrected chi connectivity index (χ2v) is 26.5. The molecule has 0 aliphatic carbocycles. The summed E-state index contributed by atoms with van der Waals surface area (Å²) in [5, 5.41) is 5.97. The lowest BCUT2D eigenvalue weighted by atomic mass is 9.36. The van der Waals surface area contributed by atoms with Crippen molar-refractivity contribution in [1.82, 2.24) is 4.57 Å². The zero-order valence-corrected chi connectivity index (χ0v) is 48.3. The maximum absolute atomic E-state index is 7.62. The van der Waals surface area contributed by atoms with Gasteiger partial charge in [-0.15, -0.1) is 11.3 Å². The van der Waals surface area contributed by atoms with E-state index in [1.165, 1.54) is 70.0 Å². The van der Waals surface area contributed by atoms with Crippen molar-refractivity contribution in [2.45, 2.75) is 78.6 Å². The van der Waals surface area contributed by atoms with E-state index in [2.05, 4.69) is 300 Å². The SMILES string of the molecule is CC(C)(C)c1ccc2sc3c(c2c1)N(c1ccccc1)c1cc(N(c2ccccc2)c2ccccc2)cc2c1B3c1c(cc(-n3c4ccc(C(C)(C)C)cc4c4cc(C(C)(C)C)ccc43)c3c1oc1ccccc13)N2c1ccccc1. The summed E-state index contributed by atoms with van der Waals surface area (Å²) in [7, 11) is 0. The number of anilines is 9. The van der Waals surface area contributed by atoms with E-state index in [1.807, 2.05) is 11.3 Å². The first kappa shape index (κ1) is 49.3. The van der Waals surface area contributed by atoms with Crippen molar-refractivity contribution in [3.63, 3.8) is 0 Å². The van der Waals surface area contributed by atoms with Crippen LogP contribution >= 0.6 is 11.3 Å². The number of hydrogen-bond donors (Lipinski definition) is 0. The predicted molar refractivity (Wildman–Crippen MR) is 348 cm³/mol. The number of rotatable bonds is 6. The van der Waals surface area contributed by atoms with Crippen molar-refractivity contribution in [1.29, 1.82) is 0 Å². The highest BCUT2D eigenvalue weighted by Gasteiger charge is 2.48. The molecule has 0 atom stereocenters. The fourth-order valence-corrected chi connectivity index (χ4v) is 14.4. The first-order valence-electron chi connectivity index (χ1n) is 28.5. The number of benzene rings is 10. The molecule has 0 fully saturated rings. The topological polar surface area (TPSA) is 27.8 Å². The van der Waals surface area contributed by atoms with Crippen LogP contribution in [-0.4, -0.2) is 11.3 Å². The summed E-state index contributed by atoms with van der Waals surface area (Å²) >= 11 is 1.93. The van der Waals surface area contributed by atoms with Crippen LogP contribution in [0.2, 0.25) is 0 Å². The number of nitrogens with zero attached hydrogens (tertiary/aromatic N) is 4. The third kappa shape index (κ3) is 7.65. The van der Waals surface area contributed by atoms with Gasteiger partial charge in [-0.1, -0.05) is 172 Å². The molecule has 0 N–H and O–H groups in total. The van der Waals surface area contributed by atoms with Crippen LogP contribution in [0.1, 0.15) is 79.0 Å². The van der Waals surface area contributed by atoms with E-state index in [1.54, 1.807) is 0 Å². The van der Waals surface area contributed by atoms with Crippen LogP contribution in [0, 0.1) is 0 Å². The molecule has 0 spiro atoms. The summed E-state index contributed by atoms with van der Waals surface area (Å²) < 4.78 is 12.7. The standard InChI is InChI=1S/C74H63BN4OS/c1-72(2,3)46-34-37-58-55(40-46)56-41-47(73(4,5)6)35-38-59(56)79(58)60-45-63-68(70-66(60)54-32-22-23-33-64(54)80-70)75-67-61(77(63)51-28-18-12-19-29-51)43-53(76(49-24-14-10-15-25-49)50-26-16-11-17-27-50)44-62(67)78(52-30-20-13-21-31-52)69-57-42-48(74(7,8)9)36-39-65(57)81-71(69)75/h10-45H,1-9H3. The van der Waals surface area contributed by atoms with Gasteiger partial charge in [-0.3, -0.25) is 0 Å². The second kappa shape index (κ2) is 17.9. The molecule has 10 aromatic carbocycles. The molecule has 5 nitrogen and oxygen atoms in total. The Morgan fingerprint density at radius 2 is 0.877 bits per heavy atom. The Bertz CT molecular complexity index is 4540. The maximum atomic E-state index is 7.62. The fraction of sp³-hybridized carbons (Fsp3) is 0.162. The van der Waals surface area contributed by atoms with Crippen LogP contribution in [0.5, 0.6) is 0 Å². The van der Waals surface area contributed by atoms with Gasteiger partial charge >= 0.3 is 0 Å². The zero-order chi connectivity index (χ0) is 55.3. The highest BCUT2D eigenvalue weighted by atomic mass is 32.1. The van der Waals surface area contributed by atoms with Crippen LogP contribution in [0.25, 0.3) is 59.5 Å². The van der Waals surface area contributed by atoms with Gasteiger partial charge in [0.05, 0.1) is 33.5 Å². The molecule has 81 heavy (non-hydrogen) atoms. The first-order chi connectivity index (χ1) is 39.1. The molecule has 15 rings (SSSR count). The third-order valence-electron chi connectivity index (χ3n) is 17.2. The largest absolute Gasteiger partial charge is 0.456 e. The smallest absolute Gasteiger partial charge is 0.269 e. The maximum Gasteiger partial charge on any atom is 0.269 e. The van der Waals surface area contributed by atoms with Gasteiger partial charge in [0.25, 0.3) is 6.71 Å². The summed E-state index contributed by atoms with van der Waals surface area (Å²) in [6, 6.07) is 81.5. The molecule has 2 aliphatic rings. The van der Waals surface area contributed by atoms with Crippen LogP contribution in [0.3, 0.4) is 0 Å². The van der Waals surface area contributed by atoms with Crippen LogP contribution in [0.15, 0.2) is 223 Å². The first-order valence-corrected chi connectivity index (χ1v) is 29.3. The minimum absolute atomic E-state index is 0.0438. The molecule has 0 saturated heterocycles. The van der Waals surface area contributed by atoms with Gasteiger partial charge in [-0.05, 0) is 153 Å². The summed E-state index contributed by atoms with van der Waals surface area (Å²) in [6.45, 7) is 20.7. The summed E-state index contributed by atoms with van der Waals surface area (Å²) in [4.78, 5) is 7.57. The molecule has 7 heteroatoms. The number of hydrogen-bond acceptors (Lipinski definition) is 5. The Kier molecular flexibility index (Phi) is 10.9. The van der Waals surface area contributed by atoms with Gasteiger partial charge in [0.15, 0.2) is 0 Å². The third-order valence-corrected chi connectivity index (χ3v) is 18.4. The zero-order valence-electron chi connectivity index (χ0n) is 47.5. The molecular weight excluding hydrogens is 1000 g/mol. The Labute approximate surface area is 479 Å². The number of fused-ring (bicyclic) bond motifs is 13. The van der Waals surface area contributed by atoms with E-state index in [9.17, 15) is 0 Å². The summed E-state index contributed by atoms with van der Waals surface area (Å²) in [5.41, 5.74) is 21.3. The minimum Gasteiger partial charge on any atom is -0.456 e. The van der Waals surface area contributed by atoms with Crippen LogP contribution < -0.4 is 30.4 Å². The van der Waals surface area contributed by atoms with Gasteiger partial charge in [0.1, 0.15) is 11.2 Å². The van der Waals surface area contributed by atoms with E-state index < -0.39 is 0 Å². The lowest BCUT2D eigenvalue weighted by molar-refractivity contribution is 0.590. The normalized spacial score (nSPS) is 13.4. The molecule has 0 saturated carbocycles. The van der Waals surface area contributed by atoms with E-state index in [0.717, 1.165) is 73.1 Å². The van der Waals surface area contributed by atoms with Crippen molar-refractivity contribution in [3.05, 3.63) is 235 Å². The van der Waals surface area contributed by atoms with Crippen molar-refractivity contribution in [2.75, 3.05) is 14.7 Å². The van der Waals surface area contributed by atoms with Gasteiger partial charge in [-0.25, -0.2) is 0 Å². The molecule has 5 heterocycles. The number of furan rings is 1. The molecule has 0 bridgehead atoms. The Morgan fingerprint density at radius 1 is 0.407 bits per heavy atom. The van der Waals surface area contributed by atoms with Gasteiger partial charge in [0.2, 0.25) is 0 Å². The second-order valence-electron chi connectivity index (χ2n) is 25.4. The highest BCUT2D eigenvalue weighted by molar-refractivity contribution is 7.34. The van der Waals surface area contributed by atoms with Crippen molar-refractivity contribution in [2.24, 2.45) is 0 Å². The number of aromatic nitrogens is 1. The molecule has 0 radical (unpaired) electrons. The number of thiophene rings is 1.